The van der Waals surface area contributed by atoms with Crippen LogP contribution in [-0.4, -0.2) is 7.11 Å². The minimum absolute atomic E-state index is 0.000000000000000222. The van der Waals surface area contributed by atoms with Crippen molar-refractivity contribution in [3.05, 3.63) is 29.3 Å². The number of ether oxygens (including phenoxy) is 1. The van der Waals surface area contributed by atoms with Gasteiger partial charge in [0.05, 0.1) is 7.11 Å². The van der Waals surface area contributed by atoms with E-state index in [-0.39, 0.29) is 11.7 Å². The third-order valence-corrected chi connectivity index (χ3v) is 4.39. The van der Waals surface area contributed by atoms with E-state index in [0.29, 0.717) is 5.41 Å². The summed E-state index contributed by atoms with van der Waals surface area (Å²) in [5.41, 5.74) is 3.62. The first-order valence-electron chi connectivity index (χ1n) is 10.5. The molecule has 0 saturated carbocycles. The van der Waals surface area contributed by atoms with Gasteiger partial charge in [-0.25, -0.2) is 0 Å². The molecular weight excluding hydrogens is 354 g/mol. The maximum atomic E-state index is 8.62. The zero-order valence-corrected chi connectivity index (χ0v) is 19.9. The van der Waals surface area contributed by atoms with Gasteiger partial charge in [-0.2, -0.15) is 0 Å². The molecule has 0 amide bonds. The van der Waals surface area contributed by atoms with Crippen molar-refractivity contribution in [2.75, 3.05) is 7.11 Å². The first-order valence-corrected chi connectivity index (χ1v) is 11.3. The fraction of sp³-hybridized carbons (Fsp3) is 0.739. The SMILES string of the molecule is CC.CC(C)C.CCCCC1(CCC)Cc2ccc(OC)cc2C1.NS#[O+]. The molecule has 1 aliphatic carbocycles. The summed E-state index contributed by atoms with van der Waals surface area (Å²) in [6.45, 7) is 15.1. The van der Waals surface area contributed by atoms with Crippen LogP contribution in [0.3, 0.4) is 0 Å². The van der Waals surface area contributed by atoms with E-state index < -0.39 is 0 Å². The van der Waals surface area contributed by atoms with Gasteiger partial charge in [0.15, 0.2) is 0 Å². The Morgan fingerprint density at radius 3 is 2.04 bits per heavy atom. The van der Waals surface area contributed by atoms with Crippen LogP contribution in [-0.2, 0) is 16.9 Å². The van der Waals surface area contributed by atoms with Crippen molar-refractivity contribution in [2.24, 2.45) is 16.5 Å². The summed E-state index contributed by atoms with van der Waals surface area (Å²) in [4.78, 5) is 0. The summed E-state index contributed by atoms with van der Waals surface area (Å²) >= 11 is -0.000000000000000222. The molecule has 0 fully saturated rings. The van der Waals surface area contributed by atoms with E-state index in [0.717, 1.165) is 11.7 Å². The fourth-order valence-corrected chi connectivity index (χ4v) is 3.50. The molecule has 1 aromatic rings. The third-order valence-electron chi connectivity index (χ3n) is 4.39. The van der Waals surface area contributed by atoms with Crippen LogP contribution >= 0.6 is 11.7 Å². The van der Waals surface area contributed by atoms with E-state index >= 15 is 0 Å². The van der Waals surface area contributed by atoms with Gasteiger partial charge in [0, 0.05) is 0 Å². The Kier molecular flexibility index (Phi) is 18.1. The van der Waals surface area contributed by atoms with Crippen LogP contribution in [0.15, 0.2) is 18.2 Å². The average molecular weight is 399 g/mol. The van der Waals surface area contributed by atoms with E-state index in [1.165, 1.54) is 50.5 Å². The summed E-state index contributed by atoms with van der Waals surface area (Å²) in [5.74, 6) is 1.84. The first kappa shape index (κ1) is 28.4. The number of fused-ring (bicyclic) bond motifs is 1. The molecule has 1 aromatic carbocycles. The Labute approximate surface area is 172 Å². The number of rotatable bonds is 6. The molecule has 2 N–H and O–H groups in total. The second-order valence-corrected chi connectivity index (χ2v) is 7.86. The Balaban J connectivity index is 0. The number of nitrogens with two attached hydrogens (primary N) is 1. The van der Waals surface area contributed by atoms with Crippen LogP contribution in [0.4, 0.5) is 0 Å². The monoisotopic (exact) mass is 398 g/mol. The molecule has 2 rings (SSSR count). The Morgan fingerprint density at radius 1 is 1.07 bits per heavy atom. The summed E-state index contributed by atoms with van der Waals surface area (Å²) in [7, 11) is 1.76. The van der Waals surface area contributed by atoms with E-state index in [2.05, 4.69) is 58.0 Å². The van der Waals surface area contributed by atoms with Crippen molar-refractivity contribution in [1.82, 2.24) is 0 Å². The topological polar surface area (TPSA) is 55.1 Å². The van der Waals surface area contributed by atoms with Crippen LogP contribution in [0.2, 0.25) is 0 Å². The number of hydrogen-bond acceptors (Lipinski definition) is 2. The standard InChI is InChI=1S/C17H26O.C4H10.C2H6.H2NOS/c1-4-6-10-17(9-5-2)12-14-7-8-16(18-3)11-15(14)13-17;1-4(2)3;1-2;1-3-2/h7-8,11H,4-6,9-10,12-13H2,1-3H3;4H,1-3H3;1-2H3;1H2/q;;;+1. The molecule has 158 valence electrons. The summed E-state index contributed by atoms with van der Waals surface area (Å²) < 4.78 is 14.0. The van der Waals surface area contributed by atoms with Crippen LogP contribution in [0.25, 0.3) is 0 Å². The Hall–Kier alpha value is -0.840. The van der Waals surface area contributed by atoms with Crippen molar-refractivity contribution in [3.8, 4) is 5.75 Å². The fourth-order valence-electron chi connectivity index (χ4n) is 3.50. The Morgan fingerprint density at radius 2 is 1.59 bits per heavy atom. The van der Waals surface area contributed by atoms with Gasteiger partial charge in [0.1, 0.15) is 5.75 Å². The van der Waals surface area contributed by atoms with Crippen molar-refractivity contribution in [3.63, 3.8) is 0 Å². The van der Waals surface area contributed by atoms with Gasteiger partial charge < -0.3 is 4.74 Å². The quantitative estimate of drug-likeness (QED) is 0.401. The van der Waals surface area contributed by atoms with Crippen LogP contribution < -0.4 is 9.88 Å². The molecule has 1 atom stereocenters. The number of unbranched alkanes of at least 4 members (excludes halogenated alkanes) is 1. The maximum absolute atomic E-state index is 8.62. The molecule has 1 aliphatic rings. The van der Waals surface area contributed by atoms with Gasteiger partial charge in [-0.15, -0.1) is 0 Å². The van der Waals surface area contributed by atoms with Gasteiger partial charge in [0.2, 0.25) is 0 Å². The minimum atomic E-state index is -0.000000000000000222. The molecule has 0 aliphatic heterocycles. The molecule has 3 nitrogen and oxygen atoms in total. The van der Waals surface area contributed by atoms with Gasteiger partial charge in [-0.05, 0) is 60.3 Å². The summed E-state index contributed by atoms with van der Waals surface area (Å²) in [5, 5.41) is 4.21. The predicted octanol–water partition coefficient (Wildman–Crippen LogP) is 7.40. The number of benzene rings is 1. The number of hydrogen-bond donors (Lipinski definition) is 1. The van der Waals surface area contributed by atoms with Crippen LogP contribution in [0, 0.1) is 11.3 Å². The predicted molar refractivity (Wildman–Crippen MR) is 122 cm³/mol. The van der Waals surface area contributed by atoms with Crippen molar-refractivity contribution in [2.45, 2.75) is 93.4 Å². The first-order chi connectivity index (χ1) is 12.9. The summed E-state index contributed by atoms with van der Waals surface area (Å²) in [6, 6.07) is 6.64. The molecule has 0 aromatic heterocycles. The van der Waals surface area contributed by atoms with Gasteiger partial charge >= 0.3 is 20.9 Å². The van der Waals surface area contributed by atoms with Gasteiger partial charge in [0.25, 0.3) is 0 Å². The molecular formula is C23H44NO2S+. The second-order valence-electron chi connectivity index (χ2n) is 7.67. The summed E-state index contributed by atoms with van der Waals surface area (Å²) in [6.07, 6.45) is 9.26. The average Bonchev–Trinajstić information content (AvgIpc) is 2.99. The Bertz CT molecular complexity index is 523. The third kappa shape index (κ3) is 12.3. The molecule has 4 heteroatoms. The van der Waals surface area contributed by atoms with Crippen molar-refractivity contribution < 1.29 is 8.78 Å². The van der Waals surface area contributed by atoms with Gasteiger partial charge in [-0.3, -0.25) is 0 Å². The molecule has 27 heavy (non-hydrogen) atoms. The second kappa shape index (κ2) is 17.3. The van der Waals surface area contributed by atoms with Crippen molar-refractivity contribution >= 4 is 11.7 Å². The van der Waals surface area contributed by atoms with E-state index in [4.69, 9.17) is 8.78 Å². The van der Waals surface area contributed by atoms with E-state index in [1.807, 2.05) is 13.8 Å². The van der Waals surface area contributed by atoms with Gasteiger partial charge in [-0.1, -0.05) is 73.8 Å². The molecule has 0 bridgehead atoms. The zero-order chi connectivity index (χ0) is 21.3. The van der Waals surface area contributed by atoms with E-state index in [9.17, 15) is 0 Å². The number of methoxy groups -OCH3 is 1. The molecule has 0 heterocycles. The molecule has 0 radical (unpaired) electrons. The van der Waals surface area contributed by atoms with Crippen LogP contribution in [0.1, 0.15) is 91.7 Å². The molecule has 0 spiro atoms. The molecule has 1 unspecified atom stereocenters. The van der Waals surface area contributed by atoms with Crippen molar-refractivity contribution in [1.29, 1.82) is 0 Å². The molecule has 0 saturated heterocycles. The normalized spacial score (nSPS) is 16.6. The van der Waals surface area contributed by atoms with Crippen LogP contribution in [0.5, 0.6) is 5.75 Å². The van der Waals surface area contributed by atoms with E-state index in [1.54, 1.807) is 12.7 Å². The zero-order valence-electron chi connectivity index (χ0n) is 19.1.